The molecule has 8 heteroatoms. The third-order valence-electron chi connectivity index (χ3n) is 3.79. The van der Waals surface area contributed by atoms with E-state index in [1.54, 1.807) is 13.8 Å². The van der Waals surface area contributed by atoms with Crippen LogP contribution >= 0.6 is 0 Å². The van der Waals surface area contributed by atoms with E-state index in [0.717, 1.165) is 12.1 Å². The highest BCUT2D eigenvalue weighted by molar-refractivity contribution is 7.92. The van der Waals surface area contributed by atoms with Gasteiger partial charge >= 0.3 is 0 Å². The summed E-state index contributed by atoms with van der Waals surface area (Å²) >= 11 is 0. The number of nitrogens with two attached hydrogens (primary N) is 1. The number of carbonyl (C=O) groups excluding carboxylic acids is 1. The Hall–Kier alpha value is -2.45. The molecule has 140 valence electrons. The Bertz CT molecular complexity index is 910. The Morgan fingerprint density at radius 3 is 2.31 bits per heavy atom. The van der Waals surface area contributed by atoms with Crippen molar-refractivity contribution in [2.24, 2.45) is 5.73 Å². The van der Waals surface area contributed by atoms with Crippen molar-refractivity contribution >= 4 is 21.6 Å². The highest BCUT2D eigenvalue weighted by atomic mass is 32.2. The van der Waals surface area contributed by atoms with Crippen molar-refractivity contribution in [3.05, 3.63) is 59.4 Å². The molecule has 0 fully saturated rings. The fraction of sp³-hybridized carbons (Fsp3) is 0.278. The first-order valence-corrected chi connectivity index (χ1v) is 9.44. The van der Waals surface area contributed by atoms with Gasteiger partial charge in [-0.3, -0.25) is 9.52 Å². The fourth-order valence-electron chi connectivity index (χ4n) is 2.24. The molecule has 0 aliphatic carbocycles. The quantitative estimate of drug-likeness (QED) is 0.717. The van der Waals surface area contributed by atoms with Crippen molar-refractivity contribution in [2.45, 2.75) is 31.2 Å². The van der Waals surface area contributed by atoms with Crippen molar-refractivity contribution in [3.8, 4) is 0 Å². The van der Waals surface area contributed by atoms with Gasteiger partial charge in [0.05, 0.1) is 4.90 Å². The van der Waals surface area contributed by atoms with Gasteiger partial charge in [-0.1, -0.05) is 0 Å². The van der Waals surface area contributed by atoms with Crippen molar-refractivity contribution in [3.63, 3.8) is 0 Å². The predicted octanol–water partition coefficient (Wildman–Crippen LogP) is 2.40. The van der Waals surface area contributed by atoms with Crippen LogP contribution in [0.1, 0.15) is 29.8 Å². The molecule has 1 amide bonds. The topological polar surface area (TPSA) is 101 Å². The number of carbonyl (C=O) groups is 1. The van der Waals surface area contributed by atoms with Gasteiger partial charge in [0.1, 0.15) is 5.82 Å². The number of amides is 1. The van der Waals surface area contributed by atoms with Crippen LogP contribution in [-0.4, -0.2) is 26.4 Å². The lowest BCUT2D eigenvalue weighted by molar-refractivity contribution is 0.0915. The summed E-state index contributed by atoms with van der Waals surface area (Å²) in [4.78, 5) is 12.2. The molecular formula is C18H22FN3O3S. The minimum absolute atomic E-state index is 0.00888. The molecule has 0 saturated heterocycles. The third kappa shape index (κ3) is 4.80. The second-order valence-electron chi connectivity index (χ2n) is 6.63. The molecule has 2 rings (SSSR count). The molecule has 0 bridgehead atoms. The van der Waals surface area contributed by atoms with E-state index in [0.29, 0.717) is 16.8 Å². The molecule has 0 aromatic heterocycles. The van der Waals surface area contributed by atoms with E-state index in [-0.39, 0.29) is 17.3 Å². The molecular weight excluding hydrogens is 357 g/mol. The average Bonchev–Trinajstić information content (AvgIpc) is 2.54. The fourth-order valence-corrected chi connectivity index (χ4v) is 3.53. The van der Waals surface area contributed by atoms with Crippen molar-refractivity contribution in [1.82, 2.24) is 5.32 Å². The lowest BCUT2D eigenvalue weighted by Crippen LogP contribution is -2.48. The molecule has 2 aromatic rings. The first-order valence-electron chi connectivity index (χ1n) is 7.96. The number of hydrogen-bond donors (Lipinski definition) is 3. The normalized spacial score (nSPS) is 11.9. The Labute approximate surface area is 152 Å². The van der Waals surface area contributed by atoms with E-state index in [4.69, 9.17) is 5.73 Å². The van der Waals surface area contributed by atoms with E-state index in [9.17, 15) is 17.6 Å². The van der Waals surface area contributed by atoms with Crippen LogP contribution in [0.25, 0.3) is 0 Å². The number of rotatable bonds is 6. The van der Waals surface area contributed by atoms with Crippen molar-refractivity contribution in [2.75, 3.05) is 11.3 Å². The number of nitrogens with one attached hydrogen (secondary N) is 2. The molecule has 0 atom stereocenters. The molecule has 0 aliphatic heterocycles. The zero-order valence-electron chi connectivity index (χ0n) is 14.8. The Kier molecular flexibility index (Phi) is 5.68. The summed E-state index contributed by atoms with van der Waals surface area (Å²) in [6.45, 7) is 5.41. The predicted molar refractivity (Wildman–Crippen MR) is 99.0 cm³/mol. The van der Waals surface area contributed by atoms with Crippen LogP contribution < -0.4 is 15.8 Å². The zero-order chi connectivity index (χ0) is 19.5. The van der Waals surface area contributed by atoms with E-state index < -0.39 is 21.4 Å². The molecule has 26 heavy (non-hydrogen) atoms. The summed E-state index contributed by atoms with van der Waals surface area (Å²) in [5.41, 5.74) is 6.02. The second-order valence-corrected chi connectivity index (χ2v) is 8.29. The second kappa shape index (κ2) is 7.43. The van der Waals surface area contributed by atoms with Crippen LogP contribution in [0.5, 0.6) is 0 Å². The van der Waals surface area contributed by atoms with Crippen LogP contribution in [0.2, 0.25) is 0 Å². The van der Waals surface area contributed by atoms with E-state index in [1.165, 1.54) is 37.3 Å². The summed E-state index contributed by atoms with van der Waals surface area (Å²) in [6, 6.07) is 9.45. The smallest absolute Gasteiger partial charge is 0.262 e. The summed E-state index contributed by atoms with van der Waals surface area (Å²) in [7, 11) is -3.86. The monoisotopic (exact) mass is 379 g/mol. The molecule has 0 unspecified atom stereocenters. The number of halogens is 1. The molecule has 6 nitrogen and oxygen atoms in total. The Morgan fingerprint density at radius 2 is 1.77 bits per heavy atom. The molecule has 0 heterocycles. The molecule has 0 saturated carbocycles. The number of sulfonamides is 1. The zero-order valence-corrected chi connectivity index (χ0v) is 15.7. The van der Waals surface area contributed by atoms with E-state index >= 15 is 0 Å². The lowest BCUT2D eigenvalue weighted by atomic mass is 10.1. The van der Waals surface area contributed by atoms with Crippen molar-refractivity contribution in [1.29, 1.82) is 0 Å². The van der Waals surface area contributed by atoms with Crippen LogP contribution in [0.4, 0.5) is 10.1 Å². The maximum atomic E-state index is 13.2. The van der Waals surface area contributed by atoms with Gasteiger partial charge in [-0.05, 0) is 68.8 Å². The highest BCUT2D eigenvalue weighted by Gasteiger charge is 2.20. The SMILES string of the molecule is Cc1cc(F)ccc1S(=O)(=O)Nc1ccc(C(=O)NC(C)(C)CN)cc1. The third-order valence-corrected chi connectivity index (χ3v) is 5.33. The number of hydrogen-bond acceptors (Lipinski definition) is 4. The number of aryl methyl sites for hydroxylation is 1. The maximum absolute atomic E-state index is 13.2. The maximum Gasteiger partial charge on any atom is 0.262 e. The van der Waals surface area contributed by atoms with Crippen LogP contribution in [0.15, 0.2) is 47.4 Å². The molecule has 0 spiro atoms. The summed E-state index contributed by atoms with van der Waals surface area (Å²) in [6.07, 6.45) is 0. The van der Waals surface area contributed by atoms with Gasteiger partial charge in [0.25, 0.3) is 15.9 Å². The standard InChI is InChI=1S/C18H22FN3O3S/c1-12-10-14(19)6-9-16(12)26(24,25)22-15-7-4-13(5-8-15)17(23)21-18(2,3)11-20/h4-10,22H,11,20H2,1-3H3,(H,21,23). The van der Waals surface area contributed by atoms with Gasteiger partial charge < -0.3 is 11.1 Å². The van der Waals surface area contributed by atoms with Crippen LogP contribution in [-0.2, 0) is 10.0 Å². The largest absolute Gasteiger partial charge is 0.346 e. The summed E-state index contributed by atoms with van der Waals surface area (Å²) in [5.74, 6) is -0.804. The van der Waals surface area contributed by atoms with Crippen molar-refractivity contribution < 1.29 is 17.6 Å². The van der Waals surface area contributed by atoms with Gasteiger partial charge in [0.15, 0.2) is 0 Å². The summed E-state index contributed by atoms with van der Waals surface area (Å²) in [5, 5.41) is 2.79. The Morgan fingerprint density at radius 1 is 1.15 bits per heavy atom. The minimum atomic E-state index is -3.86. The summed E-state index contributed by atoms with van der Waals surface area (Å²) < 4.78 is 40.5. The van der Waals surface area contributed by atoms with Crippen LogP contribution in [0.3, 0.4) is 0 Å². The van der Waals surface area contributed by atoms with Gasteiger partial charge in [0.2, 0.25) is 0 Å². The average molecular weight is 379 g/mol. The van der Waals surface area contributed by atoms with E-state index in [2.05, 4.69) is 10.0 Å². The number of anilines is 1. The molecule has 4 N–H and O–H groups in total. The highest BCUT2D eigenvalue weighted by Crippen LogP contribution is 2.20. The van der Waals surface area contributed by atoms with Gasteiger partial charge in [-0.15, -0.1) is 0 Å². The van der Waals surface area contributed by atoms with E-state index in [1.807, 2.05) is 0 Å². The number of benzene rings is 2. The molecule has 0 aliphatic rings. The van der Waals surface area contributed by atoms with Gasteiger partial charge in [-0.25, -0.2) is 12.8 Å². The first kappa shape index (κ1) is 19.9. The first-order chi connectivity index (χ1) is 12.0. The molecule has 2 aromatic carbocycles. The lowest BCUT2D eigenvalue weighted by Gasteiger charge is -2.24. The molecule has 0 radical (unpaired) electrons. The Balaban J connectivity index is 2.17. The van der Waals surface area contributed by atoms with Gasteiger partial charge in [-0.2, -0.15) is 0 Å². The van der Waals surface area contributed by atoms with Gasteiger partial charge in [0, 0.05) is 23.3 Å². The van der Waals surface area contributed by atoms with Crippen LogP contribution in [0, 0.1) is 12.7 Å². The minimum Gasteiger partial charge on any atom is -0.346 e.